The summed E-state index contributed by atoms with van der Waals surface area (Å²) in [5.41, 5.74) is 0.826. The summed E-state index contributed by atoms with van der Waals surface area (Å²) in [6.07, 6.45) is 4.06. The zero-order valence-corrected chi connectivity index (χ0v) is 14.4. The van der Waals surface area contributed by atoms with E-state index in [4.69, 9.17) is 21.1 Å². The highest BCUT2D eigenvalue weighted by Crippen LogP contribution is 2.40. The number of likely N-dealkylation sites (tertiary alicyclic amines) is 1. The Bertz CT molecular complexity index is 569. The van der Waals surface area contributed by atoms with E-state index >= 15 is 0 Å². The average molecular weight is 338 g/mol. The first-order chi connectivity index (χ1) is 11.1. The first kappa shape index (κ1) is 16.6. The molecule has 23 heavy (non-hydrogen) atoms. The minimum absolute atomic E-state index is 0.0296. The van der Waals surface area contributed by atoms with Crippen molar-refractivity contribution in [3.63, 3.8) is 0 Å². The van der Waals surface area contributed by atoms with Crippen molar-refractivity contribution in [2.24, 2.45) is 5.41 Å². The number of carbonyl (C=O) groups excluding carboxylic acids is 1. The Morgan fingerprint density at radius 1 is 1.35 bits per heavy atom. The standard InChI is InChI=1S/C18H24ClNO3/c1-2-9-23-16-4-3-14(19)12-15(16)17(21)20-8-5-18(13-20)6-10-22-11-7-18/h3-4,12H,2,5-11,13H2,1H3. The van der Waals surface area contributed by atoms with Crippen molar-refractivity contribution in [2.45, 2.75) is 32.6 Å². The van der Waals surface area contributed by atoms with Gasteiger partial charge in [-0.25, -0.2) is 0 Å². The second-order valence-corrected chi connectivity index (χ2v) is 7.01. The van der Waals surface area contributed by atoms with E-state index in [1.807, 2.05) is 11.8 Å². The molecule has 0 radical (unpaired) electrons. The quantitative estimate of drug-likeness (QED) is 0.839. The van der Waals surface area contributed by atoms with Gasteiger partial charge in [0.25, 0.3) is 5.91 Å². The zero-order valence-electron chi connectivity index (χ0n) is 13.6. The van der Waals surface area contributed by atoms with Crippen LogP contribution in [0.15, 0.2) is 18.2 Å². The van der Waals surface area contributed by atoms with Gasteiger partial charge in [0.05, 0.1) is 12.2 Å². The van der Waals surface area contributed by atoms with Gasteiger partial charge in [-0.3, -0.25) is 4.79 Å². The summed E-state index contributed by atoms with van der Waals surface area (Å²) in [5.74, 6) is 0.663. The molecule has 2 heterocycles. The fourth-order valence-corrected chi connectivity index (χ4v) is 3.67. The van der Waals surface area contributed by atoms with Gasteiger partial charge in [-0.1, -0.05) is 18.5 Å². The van der Waals surface area contributed by atoms with Gasteiger partial charge in [-0.15, -0.1) is 0 Å². The number of hydrogen-bond acceptors (Lipinski definition) is 3. The third-order valence-corrected chi connectivity index (χ3v) is 5.15. The monoisotopic (exact) mass is 337 g/mol. The number of amides is 1. The van der Waals surface area contributed by atoms with Gasteiger partial charge >= 0.3 is 0 Å². The number of carbonyl (C=O) groups is 1. The number of benzene rings is 1. The second kappa shape index (κ2) is 7.10. The minimum Gasteiger partial charge on any atom is -0.493 e. The van der Waals surface area contributed by atoms with Crippen LogP contribution >= 0.6 is 11.6 Å². The molecule has 3 rings (SSSR count). The molecule has 2 saturated heterocycles. The van der Waals surface area contributed by atoms with E-state index in [9.17, 15) is 4.79 Å². The Kier molecular flexibility index (Phi) is 5.12. The lowest BCUT2D eigenvalue weighted by Gasteiger charge is -2.33. The number of ether oxygens (including phenoxy) is 2. The van der Waals surface area contributed by atoms with Crippen LogP contribution in [0.1, 0.15) is 43.0 Å². The SMILES string of the molecule is CCCOc1ccc(Cl)cc1C(=O)N1CCC2(CCOCC2)C1. The van der Waals surface area contributed by atoms with Crippen LogP contribution in [-0.4, -0.2) is 43.7 Å². The molecule has 0 bridgehead atoms. The zero-order chi connectivity index (χ0) is 16.3. The molecule has 4 nitrogen and oxygen atoms in total. The highest BCUT2D eigenvalue weighted by atomic mass is 35.5. The summed E-state index contributed by atoms with van der Waals surface area (Å²) in [6.45, 7) is 5.89. The Labute approximate surface area is 142 Å². The van der Waals surface area contributed by atoms with Crippen molar-refractivity contribution in [3.05, 3.63) is 28.8 Å². The van der Waals surface area contributed by atoms with E-state index in [0.717, 1.165) is 52.0 Å². The molecule has 1 spiro atoms. The van der Waals surface area contributed by atoms with Gasteiger partial charge < -0.3 is 14.4 Å². The molecule has 0 N–H and O–H groups in total. The fourth-order valence-electron chi connectivity index (χ4n) is 3.50. The van der Waals surface area contributed by atoms with E-state index in [1.54, 1.807) is 18.2 Å². The Balaban J connectivity index is 1.76. The maximum atomic E-state index is 13.0. The normalized spacial score (nSPS) is 20.0. The fraction of sp³-hybridized carbons (Fsp3) is 0.611. The lowest BCUT2D eigenvalue weighted by atomic mass is 9.80. The smallest absolute Gasteiger partial charge is 0.257 e. The molecule has 5 heteroatoms. The molecule has 2 fully saturated rings. The number of nitrogens with zero attached hydrogens (tertiary/aromatic N) is 1. The summed E-state index contributed by atoms with van der Waals surface area (Å²) in [4.78, 5) is 14.9. The van der Waals surface area contributed by atoms with Crippen LogP contribution in [0.3, 0.4) is 0 Å². The molecular weight excluding hydrogens is 314 g/mol. The largest absolute Gasteiger partial charge is 0.493 e. The van der Waals surface area contributed by atoms with E-state index in [-0.39, 0.29) is 11.3 Å². The van der Waals surface area contributed by atoms with Crippen LogP contribution in [0.25, 0.3) is 0 Å². The Hall–Kier alpha value is -1.26. The number of rotatable bonds is 4. The predicted molar refractivity (Wildman–Crippen MR) is 90.2 cm³/mol. The van der Waals surface area contributed by atoms with E-state index in [1.165, 1.54) is 0 Å². The molecule has 0 unspecified atom stereocenters. The Morgan fingerprint density at radius 3 is 2.87 bits per heavy atom. The van der Waals surface area contributed by atoms with Crippen molar-refractivity contribution in [3.8, 4) is 5.75 Å². The third kappa shape index (κ3) is 3.64. The molecule has 0 saturated carbocycles. The Morgan fingerprint density at radius 2 is 2.13 bits per heavy atom. The summed E-state index contributed by atoms with van der Waals surface area (Å²) >= 11 is 6.10. The molecule has 126 valence electrons. The highest BCUT2D eigenvalue weighted by Gasteiger charge is 2.41. The molecule has 1 aromatic rings. The molecule has 0 aromatic heterocycles. The van der Waals surface area contributed by atoms with Crippen molar-refractivity contribution in [1.29, 1.82) is 0 Å². The molecule has 1 aromatic carbocycles. The van der Waals surface area contributed by atoms with Gasteiger partial charge in [0.1, 0.15) is 5.75 Å². The van der Waals surface area contributed by atoms with Gasteiger partial charge in [-0.2, -0.15) is 0 Å². The van der Waals surface area contributed by atoms with Crippen molar-refractivity contribution >= 4 is 17.5 Å². The van der Waals surface area contributed by atoms with E-state index < -0.39 is 0 Å². The summed E-state index contributed by atoms with van der Waals surface area (Å²) in [6, 6.07) is 5.29. The lowest BCUT2D eigenvalue weighted by Crippen LogP contribution is -2.35. The topological polar surface area (TPSA) is 38.8 Å². The number of hydrogen-bond donors (Lipinski definition) is 0. The molecular formula is C18H24ClNO3. The molecule has 0 atom stereocenters. The maximum absolute atomic E-state index is 13.0. The molecule has 2 aliphatic heterocycles. The number of halogens is 1. The van der Waals surface area contributed by atoms with E-state index in [2.05, 4.69) is 0 Å². The van der Waals surface area contributed by atoms with Gasteiger partial charge in [-0.05, 0) is 49.3 Å². The van der Waals surface area contributed by atoms with Gasteiger partial charge in [0.2, 0.25) is 0 Å². The molecule has 2 aliphatic rings. The van der Waals surface area contributed by atoms with Gasteiger partial charge in [0.15, 0.2) is 0 Å². The van der Waals surface area contributed by atoms with Crippen LogP contribution in [0.2, 0.25) is 5.02 Å². The summed E-state index contributed by atoms with van der Waals surface area (Å²) < 4.78 is 11.2. The van der Waals surface area contributed by atoms with Crippen LogP contribution in [0.4, 0.5) is 0 Å². The van der Waals surface area contributed by atoms with Crippen LogP contribution < -0.4 is 4.74 Å². The van der Waals surface area contributed by atoms with Crippen LogP contribution in [-0.2, 0) is 4.74 Å². The van der Waals surface area contributed by atoms with Crippen molar-refractivity contribution in [2.75, 3.05) is 32.9 Å². The third-order valence-electron chi connectivity index (χ3n) is 4.91. The maximum Gasteiger partial charge on any atom is 0.257 e. The first-order valence-corrected chi connectivity index (χ1v) is 8.81. The first-order valence-electron chi connectivity index (χ1n) is 8.43. The van der Waals surface area contributed by atoms with Gasteiger partial charge in [0, 0.05) is 31.3 Å². The van der Waals surface area contributed by atoms with Crippen molar-refractivity contribution in [1.82, 2.24) is 4.90 Å². The molecule has 0 aliphatic carbocycles. The summed E-state index contributed by atoms with van der Waals surface area (Å²) in [5, 5.41) is 0.567. The van der Waals surface area contributed by atoms with Crippen LogP contribution in [0.5, 0.6) is 5.75 Å². The molecule has 1 amide bonds. The predicted octanol–water partition coefficient (Wildman–Crippen LogP) is 3.77. The van der Waals surface area contributed by atoms with E-state index in [0.29, 0.717) is 22.9 Å². The van der Waals surface area contributed by atoms with Crippen LogP contribution in [0, 0.1) is 5.41 Å². The average Bonchev–Trinajstić information content (AvgIpc) is 2.97. The minimum atomic E-state index is 0.0296. The van der Waals surface area contributed by atoms with Crippen molar-refractivity contribution < 1.29 is 14.3 Å². The lowest BCUT2D eigenvalue weighted by molar-refractivity contribution is 0.0190. The summed E-state index contributed by atoms with van der Waals surface area (Å²) in [7, 11) is 0. The second-order valence-electron chi connectivity index (χ2n) is 6.58. The highest BCUT2D eigenvalue weighted by molar-refractivity contribution is 6.31.